The van der Waals surface area contributed by atoms with Gasteiger partial charge in [-0.1, -0.05) is 12.1 Å². The summed E-state index contributed by atoms with van der Waals surface area (Å²) in [7, 11) is 2.98. The maximum absolute atomic E-state index is 13.7. The molecule has 0 atom stereocenters. The summed E-state index contributed by atoms with van der Waals surface area (Å²) in [6.45, 7) is 0. The number of rotatable bonds is 7. The van der Waals surface area contributed by atoms with Crippen LogP contribution in [0.4, 0.5) is 13.2 Å². The van der Waals surface area contributed by atoms with Crippen LogP contribution in [0.1, 0.15) is 27.9 Å². The van der Waals surface area contributed by atoms with E-state index in [2.05, 4.69) is 9.97 Å². The molecule has 0 aliphatic heterocycles. The standard InChI is InChI=1S/C22H18F3N3O2S/c1-29-19-6-5-14(9-20(19)30-2)8-16-10-18(22(23,24)25)17(11-26)21(28-16)31-13-15-4-3-7-27-12-15/h3-7,9-10,12H,8,13H2,1-2H3. The van der Waals surface area contributed by atoms with E-state index in [0.717, 1.165) is 23.4 Å². The van der Waals surface area contributed by atoms with Crippen molar-refractivity contribution in [3.8, 4) is 17.6 Å². The summed E-state index contributed by atoms with van der Waals surface area (Å²) in [6, 6.07) is 11.3. The molecule has 0 aliphatic rings. The fourth-order valence-corrected chi connectivity index (χ4v) is 3.89. The van der Waals surface area contributed by atoms with E-state index in [1.807, 2.05) is 6.07 Å². The Morgan fingerprint density at radius 1 is 1.06 bits per heavy atom. The van der Waals surface area contributed by atoms with Gasteiger partial charge in [0.25, 0.3) is 0 Å². The van der Waals surface area contributed by atoms with Crippen molar-refractivity contribution in [2.24, 2.45) is 0 Å². The highest BCUT2D eigenvalue weighted by Crippen LogP contribution is 2.37. The summed E-state index contributed by atoms with van der Waals surface area (Å²) in [5.41, 5.74) is 0.252. The highest BCUT2D eigenvalue weighted by atomic mass is 32.2. The zero-order valence-corrected chi connectivity index (χ0v) is 17.5. The van der Waals surface area contributed by atoms with Gasteiger partial charge in [-0.3, -0.25) is 4.98 Å². The van der Waals surface area contributed by atoms with Gasteiger partial charge in [0.15, 0.2) is 11.5 Å². The van der Waals surface area contributed by atoms with E-state index < -0.39 is 17.3 Å². The zero-order chi connectivity index (χ0) is 22.4. The Balaban J connectivity index is 1.99. The summed E-state index contributed by atoms with van der Waals surface area (Å²) in [6.07, 6.45) is -1.31. The van der Waals surface area contributed by atoms with Crippen LogP contribution in [-0.4, -0.2) is 24.2 Å². The van der Waals surface area contributed by atoms with E-state index in [1.54, 1.807) is 42.7 Å². The van der Waals surface area contributed by atoms with Crippen LogP contribution in [-0.2, 0) is 18.3 Å². The summed E-state index contributed by atoms with van der Waals surface area (Å²) in [4.78, 5) is 8.37. The van der Waals surface area contributed by atoms with Crippen molar-refractivity contribution < 1.29 is 22.6 Å². The van der Waals surface area contributed by atoms with Crippen molar-refractivity contribution in [3.63, 3.8) is 0 Å². The fourth-order valence-electron chi connectivity index (χ4n) is 2.93. The minimum absolute atomic E-state index is 0.0386. The first-order valence-electron chi connectivity index (χ1n) is 9.09. The molecule has 0 radical (unpaired) electrons. The number of halogens is 3. The lowest BCUT2D eigenvalue weighted by Crippen LogP contribution is -2.12. The molecule has 0 spiro atoms. The van der Waals surface area contributed by atoms with Crippen molar-refractivity contribution in [2.75, 3.05) is 14.2 Å². The topological polar surface area (TPSA) is 68.0 Å². The summed E-state index contributed by atoms with van der Waals surface area (Å²) in [5, 5.41) is 9.46. The Bertz CT molecular complexity index is 1100. The Hall–Kier alpha value is -3.25. The first kappa shape index (κ1) is 22.4. The number of hydrogen-bond donors (Lipinski definition) is 0. The number of hydrogen-bond acceptors (Lipinski definition) is 6. The first-order valence-corrected chi connectivity index (χ1v) is 10.1. The van der Waals surface area contributed by atoms with Gasteiger partial charge >= 0.3 is 6.18 Å². The van der Waals surface area contributed by atoms with Crippen molar-refractivity contribution in [1.29, 1.82) is 5.26 Å². The minimum atomic E-state index is -4.68. The molecule has 2 heterocycles. The van der Waals surface area contributed by atoms with Crippen LogP contribution < -0.4 is 9.47 Å². The number of thioether (sulfide) groups is 1. The molecule has 0 fully saturated rings. The third-order valence-electron chi connectivity index (χ3n) is 4.39. The summed E-state index contributed by atoms with van der Waals surface area (Å²) < 4.78 is 51.5. The number of benzene rings is 1. The normalized spacial score (nSPS) is 11.1. The number of nitrogens with zero attached hydrogens (tertiary/aromatic N) is 3. The quantitative estimate of drug-likeness (QED) is 0.462. The van der Waals surface area contributed by atoms with Crippen LogP contribution in [0.15, 0.2) is 53.8 Å². The Labute approximate surface area is 181 Å². The molecule has 0 bridgehead atoms. The smallest absolute Gasteiger partial charge is 0.417 e. The zero-order valence-electron chi connectivity index (χ0n) is 16.7. The molecule has 0 unspecified atom stereocenters. The van der Waals surface area contributed by atoms with Crippen LogP contribution >= 0.6 is 11.8 Å². The predicted molar refractivity (Wildman–Crippen MR) is 110 cm³/mol. The summed E-state index contributed by atoms with van der Waals surface area (Å²) in [5.74, 6) is 1.32. The number of pyridine rings is 2. The molecule has 9 heteroatoms. The van der Waals surface area contributed by atoms with Gasteiger partial charge < -0.3 is 9.47 Å². The van der Waals surface area contributed by atoms with E-state index in [4.69, 9.17) is 9.47 Å². The largest absolute Gasteiger partial charge is 0.493 e. The molecule has 0 N–H and O–H groups in total. The van der Waals surface area contributed by atoms with Crippen LogP contribution in [0.25, 0.3) is 0 Å². The molecule has 0 aliphatic carbocycles. The molecule has 1 aromatic carbocycles. The Morgan fingerprint density at radius 2 is 1.84 bits per heavy atom. The number of alkyl halides is 3. The lowest BCUT2D eigenvalue weighted by Gasteiger charge is -2.15. The SMILES string of the molecule is COc1ccc(Cc2cc(C(F)(F)F)c(C#N)c(SCc3cccnc3)n2)cc1OC. The molecule has 3 rings (SSSR count). The fraction of sp³-hybridized carbons (Fsp3) is 0.227. The molecule has 0 amide bonds. The molecule has 0 saturated carbocycles. The number of nitriles is 1. The van der Waals surface area contributed by atoms with Gasteiger partial charge in [-0.05, 0) is 35.4 Å². The minimum Gasteiger partial charge on any atom is -0.493 e. The second-order valence-corrected chi connectivity index (χ2v) is 7.43. The van der Waals surface area contributed by atoms with Crippen molar-refractivity contribution in [1.82, 2.24) is 9.97 Å². The van der Waals surface area contributed by atoms with Crippen LogP contribution in [0, 0.1) is 11.3 Å². The van der Waals surface area contributed by atoms with Gasteiger partial charge in [-0.15, -0.1) is 11.8 Å². The van der Waals surface area contributed by atoms with Gasteiger partial charge in [-0.2, -0.15) is 18.4 Å². The molecular weight excluding hydrogens is 427 g/mol. The first-order chi connectivity index (χ1) is 14.9. The molecule has 0 saturated heterocycles. The van der Waals surface area contributed by atoms with Gasteiger partial charge in [0.05, 0.1) is 25.3 Å². The number of ether oxygens (including phenoxy) is 2. The van der Waals surface area contributed by atoms with Crippen LogP contribution in [0.5, 0.6) is 11.5 Å². The Morgan fingerprint density at radius 3 is 2.45 bits per heavy atom. The lowest BCUT2D eigenvalue weighted by atomic mass is 10.0. The van der Waals surface area contributed by atoms with Crippen molar-refractivity contribution >= 4 is 11.8 Å². The average molecular weight is 445 g/mol. The molecule has 5 nitrogen and oxygen atoms in total. The average Bonchev–Trinajstić information content (AvgIpc) is 2.77. The van der Waals surface area contributed by atoms with Gasteiger partial charge in [-0.25, -0.2) is 4.98 Å². The van der Waals surface area contributed by atoms with E-state index in [1.165, 1.54) is 14.2 Å². The predicted octanol–water partition coefficient (Wildman–Crippen LogP) is 5.27. The van der Waals surface area contributed by atoms with Gasteiger partial charge in [0.1, 0.15) is 11.1 Å². The molecule has 160 valence electrons. The van der Waals surface area contributed by atoms with E-state index in [-0.39, 0.29) is 17.1 Å². The lowest BCUT2D eigenvalue weighted by molar-refractivity contribution is -0.138. The highest BCUT2D eigenvalue weighted by Gasteiger charge is 2.36. The molecule has 2 aromatic heterocycles. The molecule has 31 heavy (non-hydrogen) atoms. The maximum Gasteiger partial charge on any atom is 0.417 e. The Kier molecular flexibility index (Phi) is 7.02. The van der Waals surface area contributed by atoms with Crippen molar-refractivity contribution in [3.05, 3.63) is 76.7 Å². The number of aromatic nitrogens is 2. The van der Waals surface area contributed by atoms with E-state index >= 15 is 0 Å². The van der Waals surface area contributed by atoms with E-state index in [0.29, 0.717) is 22.8 Å². The second kappa shape index (κ2) is 9.71. The highest BCUT2D eigenvalue weighted by molar-refractivity contribution is 7.98. The number of methoxy groups -OCH3 is 2. The third-order valence-corrected chi connectivity index (χ3v) is 5.43. The second-order valence-electron chi connectivity index (χ2n) is 6.47. The third kappa shape index (κ3) is 5.47. The molecule has 3 aromatic rings. The van der Waals surface area contributed by atoms with Crippen LogP contribution in [0.3, 0.4) is 0 Å². The van der Waals surface area contributed by atoms with Crippen molar-refractivity contribution in [2.45, 2.75) is 23.4 Å². The monoisotopic (exact) mass is 445 g/mol. The summed E-state index contributed by atoms with van der Waals surface area (Å²) >= 11 is 1.08. The van der Waals surface area contributed by atoms with Gasteiger partial charge in [0, 0.05) is 30.3 Å². The molecular formula is C22H18F3N3O2S. The maximum atomic E-state index is 13.7. The van der Waals surface area contributed by atoms with Crippen LogP contribution in [0.2, 0.25) is 0 Å². The van der Waals surface area contributed by atoms with Gasteiger partial charge in [0.2, 0.25) is 0 Å². The van der Waals surface area contributed by atoms with E-state index in [9.17, 15) is 18.4 Å².